The number of hydrogen-bond donors (Lipinski definition) is 0. The molecule has 2 heterocycles. The first-order valence-electron chi connectivity index (χ1n) is 8.65. The van der Waals surface area contributed by atoms with Crippen molar-refractivity contribution in [3.05, 3.63) is 48.6 Å². The summed E-state index contributed by atoms with van der Waals surface area (Å²) in [6, 6.07) is 8.90. The van der Waals surface area contributed by atoms with E-state index in [9.17, 15) is 14.4 Å². The van der Waals surface area contributed by atoms with Gasteiger partial charge in [0.2, 0.25) is 5.60 Å². The highest BCUT2D eigenvalue weighted by molar-refractivity contribution is 6.39. The quantitative estimate of drug-likeness (QED) is 0.442. The van der Waals surface area contributed by atoms with Crippen LogP contribution >= 0.6 is 0 Å². The summed E-state index contributed by atoms with van der Waals surface area (Å²) in [5.41, 5.74) is -1.26. The van der Waals surface area contributed by atoms with Gasteiger partial charge >= 0.3 is 11.9 Å². The summed E-state index contributed by atoms with van der Waals surface area (Å²) in [6.45, 7) is 8.48. The first kappa shape index (κ1) is 19.3. The molecule has 2 aliphatic rings. The van der Waals surface area contributed by atoms with Gasteiger partial charge in [-0.05, 0) is 19.4 Å². The Labute approximate surface area is 157 Å². The minimum absolute atomic E-state index is 0.0832. The van der Waals surface area contributed by atoms with E-state index in [2.05, 4.69) is 6.58 Å². The van der Waals surface area contributed by atoms with Crippen LogP contribution in [0.5, 0.6) is 0 Å². The molecule has 0 bridgehead atoms. The molecule has 0 spiro atoms. The highest BCUT2D eigenvalue weighted by Crippen LogP contribution is 2.45. The number of esters is 2. The largest absolute Gasteiger partial charge is 0.449 e. The van der Waals surface area contributed by atoms with E-state index in [1.165, 1.54) is 13.0 Å². The van der Waals surface area contributed by atoms with E-state index in [1.807, 2.05) is 6.07 Å². The molecule has 0 unspecified atom stereocenters. The summed E-state index contributed by atoms with van der Waals surface area (Å²) in [7, 11) is 0. The van der Waals surface area contributed by atoms with Crippen molar-refractivity contribution in [2.24, 2.45) is 0 Å². The molecule has 0 N–H and O–H groups in total. The normalized spacial score (nSPS) is 30.6. The van der Waals surface area contributed by atoms with Crippen LogP contribution in [-0.4, -0.2) is 47.9 Å². The number of hydrogen-bond acceptors (Lipinski definition) is 7. The number of carbonyl (C=O) groups excluding carboxylic acids is 3. The number of cyclic esters (lactones) is 1. The van der Waals surface area contributed by atoms with Crippen LogP contribution in [0.1, 0.15) is 32.3 Å². The molecular weight excluding hydrogens is 352 g/mol. The molecule has 0 aliphatic carbocycles. The zero-order valence-corrected chi connectivity index (χ0v) is 15.5. The average molecular weight is 374 g/mol. The first-order valence-corrected chi connectivity index (χ1v) is 8.65. The minimum atomic E-state index is -1.92. The molecule has 0 saturated carbocycles. The van der Waals surface area contributed by atoms with Gasteiger partial charge in [-0.25, -0.2) is 4.79 Å². The molecular formula is C20H22O7. The maximum Gasteiger partial charge on any atom is 0.379 e. The van der Waals surface area contributed by atoms with Crippen LogP contribution in [0.3, 0.4) is 0 Å². The smallest absolute Gasteiger partial charge is 0.379 e. The molecule has 7 nitrogen and oxygen atoms in total. The van der Waals surface area contributed by atoms with Gasteiger partial charge in [0, 0.05) is 6.92 Å². The summed E-state index contributed by atoms with van der Waals surface area (Å²) in [4.78, 5) is 37.2. The van der Waals surface area contributed by atoms with Gasteiger partial charge in [-0.3, -0.25) is 9.59 Å². The fourth-order valence-corrected chi connectivity index (χ4v) is 3.70. The first-order chi connectivity index (χ1) is 12.7. The van der Waals surface area contributed by atoms with Crippen molar-refractivity contribution >= 4 is 17.7 Å². The molecule has 0 amide bonds. The lowest BCUT2D eigenvalue weighted by molar-refractivity contribution is -0.190. The van der Waals surface area contributed by atoms with Gasteiger partial charge < -0.3 is 18.9 Å². The molecule has 2 aliphatic heterocycles. The molecule has 3 rings (SSSR count). The fraction of sp³-hybridized carbons (Fsp3) is 0.450. The second-order valence-corrected chi connectivity index (χ2v) is 7.03. The van der Waals surface area contributed by atoms with Gasteiger partial charge in [0.15, 0.2) is 11.9 Å². The lowest BCUT2D eigenvalue weighted by Gasteiger charge is -2.38. The van der Waals surface area contributed by atoms with Gasteiger partial charge in [0.05, 0.1) is 12.5 Å². The molecule has 0 radical (unpaired) electrons. The molecule has 1 aromatic carbocycles. The summed E-state index contributed by atoms with van der Waals surface area (Å²) in [5, 5.41) is 0. The van der Waals surface area contributed by atoms with E-state index in [0.717, 1.165) is 0 Å². The van der Waals surface area contributed by atoms with Gasteiger partial charge in [0.1, 0.15) is 6.10 Å². The number of ether oxygens (including phenoxy) is 4. The Morgan fingerprint density at radius 3 is 2.48 bits per heavy atom. The SMILES string of the molecule is C=C[C@H](c1ccccc1)[C@@]1(OC(C)=O)C(=O)C(=O)O[C@@H]1[C@@H]1COC(C)(C)O1. The maximum atomic E-state index is 13.0. The highest BCUT2D eigenvalue weighted by atomic mass is 16.8. The third-order valence-corrected chi connectivity index (χ3v) is 4.73. The van der Waals surface area contributed by atoms with Crippen molar-refractivity contribution in [2.75, 3.05) is 6.61 Å². The van der Waals surface area contributed by atoms with E-state index >= 15 is 0 Å². The van der Waals surface area contributed by atoms with Gasteiger partial charge in [-0.2, -0.15) is 0 Å². The van der Waals surface area contributed by atoms with E-state index in [1.54, 1.807) is 38.1 Å². The van der Waals surface area contributed by atoms with E-state index < -0.39 is 47.2 Å². The Hall–Kier alpha value is -2.51. The number of rotatable bonds is 5. The van der Waals surface area contributed by atoms with Crippen molar-refractivity contribution in [1.29, 1.82) is 0 Å². The summed E-state index contributed by atoms with van der Waals surface area (Å²) < 4.78 is 22.3. The lowest BCUT2D eigenvalue weighted by Crippen LogP contribution is -2.57. The van der Waals surface area contributed by atoms with Crippen molar-refractivity contribution < 1.29 is 33.3 Å². The second-order valence-electron chi connectivity index (χ2n) is 7.03. The Bertz CT molecular complexity index is 770. The van der Waals surface area contributed by atoms with Crippen molar-refractivity contribution in [1.82, 2.24) is 0 Å². The molecule has 1 aromatic rings. The fourth-order valence-electron chi connectivity index (χ4n) is 3.70. The molecule has 2 saturated heterocycles. The van der Waals surface area contributed by atoms with Crippen LogP contribution in [0.15, 0.2) is 43.0 Å². The lowest BCUT2D eigenvalue weighted by atomic mass is 9.75. The second kappa shape index (κ2) is 6.90. The molecule has 144 valence electrons. The van der Waals surface area contributed by atoms with Crippen LogP contribution in [-0.2, 0) is 33.3 Å². The standard InChI is InChI=1S/C20H22O7/c1-5-14(13-9-7-6-8-10-13)20(26-12(2)21)16(22)18(23)25-17(20)15-11-24-19(3,4)27-15/h5-10,14-15,17H,1,11H2,2-4H3/t14-,15+,17-,20-/m1/s1. The predicted molar refractivity (Wildman–Crippen MR) is 93.7 cm³/mol. The summed E-state index contributed by atoms with van der Waals surface area (Å²) >= 11 is 0. The minimum Gasteiger partial charge on any atom is -0.449 e. The molecule has 27 heavy (non-hydrogen) atoms. The number of benzene rings is 1. The highest BCUT2D eigenvalue weighted by Gasteiger charge is 2.67. The average Bonchev–Trinajstić information content (AvgIpc) is 3.08. The predicted octanol–water partition coefficient (Wildman–Crippen LogP) is 1.90. The van der Waals surface area contributed by atoms with Crippen LogP contribution < -0.4 is 0 Å². The van der Waals surface area contributed by atoms with E-state index in [4.69, 9.17) is 18.9 Å². The monoisotopic (exact) mass is 374 g/mol. The van der Waals surface area contributed by atoms with E-state index in [-0.39, 0.29) is 6.61 Å². The molecule has 0 aromatic heterocycles. The number of carbonyl (C=O) groups is 3. The topological polar surface area (TPSA) is 88.1 Å². The molecule has 4 atom stereocenters. The number of ketones is 1. The van der Waals surface area contributed by atoms with Crippen LogP contribution in [0, 0.1) is 0 Å². The zero-order valence-electron chi connectivity index (χ0n) is 15.5. The zero-order chi connectivity index (χ0) is 19.8. The van der Waals surface area contributed by atoms with Crippen molar-refractivity contribution in [3.8, 4) is 0 Å². The third-order valence-electron chi connectivity index (χ3n) is 4.73. The molecule has 7 heteroatoms. The summed E-state index contributed by atoms with van der Waals surface area (Å²) in [6.07, 6.45) is -0.459. The maximum absolute atomic E-state index is 13.0. The van der Waals surface area contributed by atoms with Crippen LogP contribution in [0.4, 0.5) is 0 Å². The molecule has 2 fully saturated rings. The van der Waals surface area contributed by atoms with Crippen LogP contribution in [0.25, 0.3) is 0 Å². The van der Waals surface area contributed by atoms with Gasteiger partial charge in [-0.15, -0.1) is 6.58 Å². The van der Waals surface area contributed by atoms with Crippen molar-refractivity contribution in [3.63, 3.8) is 0 Å². The number of Topliss-reactive ketones (excluding diaryl/α,β-unsaturated/α-hetero) is 1. The van der Waals surface area contributed by atoms with Gasteiger partial charge in [0.25, 0.3) is 5.78 Å². The summed E-state index contributed by atoms with van der Waals surface area (Å²) in [5.74, 6) is -4.45. The van der Waals surface area contributed by atoms with Gasteiger partial charge in [-0.1, -0.05) is 36.4 Å². The third kappa shape index (κ3) is 3.28. The van der Waals surface area contributed by atoms with Crippen LogP contribution in [0.2, 0.25) is 0 Å². The Morgan fingerprint density at radius 1 is 1.30 bits per heavy atom. The Morgan fingerprint density at radius 2 is 1.96 bits per heavy atom. The van der Waals surface area contributed by atoms with Crippen molar-refractivity contribution in [2.45, 2.75) is 50.3 Å². The Balaban J connectivity index is 2.13. The Kier molecular flexibility index (Phi) is 4.92. The van der Waals surface area contributed by atoms with E-state index in [0.29, 0.717) is 5.56 Å².